The van der Waals surface area contributed by atoms with Crippen molar-refractivity contribution in [2.24, 2.45) is 0 Å². The van der Waals surface area contributed by atoms with Crippen molar-refractivity contribution in [3.63, 3.8) is 0 Å². The van der Waals surface area contributed by atoms with Crippen molar-refractivity contribution in [2.75, 3.05) is 6.61 Å². The van der Waals surface area contributed by atoms with Crippen LogP contribution < -0.4 is 10.9 Å². The van der Waals surface area contributed by atoms with E-state index in [9.17, 15) is 9.59 Å². The zero-order valence-electron chi connectivity index (χ0n) is 9.10. The Morgan fingerprint density at radius 3 is 2.88 bits per heavy atom. The van der Waals surface area contributed by atoms with Gasteiger partial charge in [-0.3, -0.25) is 4.79 Å². The number of hydrogen-bond acceptors (Lipinski definition) is 4. The third-order valence-corrected chi connectivity index (χ3v) is 2.14. The van der Waals surface area contributed by atoms with Gasteiger partial charge in [0.25, 0.3) is 5.91 Å². The number of aliphatic hydroxyl groups excluding tert-OH is 1. The monoisotopic (exact) mass is 225 g/mol. The predicted octanol–water partition coefficient (Wildman–Crippen LogP) is 0.531. The molecule has 88 valence electrons. The maximum atomic E-state index is 11.6. The molecule has 2 N–H and O–H groups in total. The number of amides is 1. The summed E-state index contributed by atoms with van der Waals surface area (Å²) < 4.78 is 4.59. The fourth-order valence-electron chi connectivity index (χ4n) is 1.26. The predicted molar refractivity (Wildman–Crippen MR) is 58.2 cm³/mol. The first-order valence-corrected chi connectivity index (χ1v) is 5.14. The highest BCUT2D eigenvalue weighted by Gasteiger charge is 2.09. The van der Waals surface area contributed by atoms with Gasteiger partial charge >= 0.3 is 5.63 Å². The van der Waals surface area contributed by atoms with E-state index in [0.717, 1.165) is 6.26 Å². The molecule has 0 radical (unpaired) electrons. The molecule has 0 aromatic carbocycles. The Kier molecular flexibility index (Phi) is 4.72. The molecule has 1 amide bonds. The van der Waals surface area contributed by atoms with Crippen molar-refractivity contribution in [1.29, 1.82) is 0 Å². The molecule has 1 heterocycles. The minimum absolute atomic E-state index is 0.0217. The van der Waals surface area contributed by atoms with Gasteiger partial charge in [-0.05, 0) is 25.8 Å². The van der Waals surface area contributed by atoms with Crippen molar-refractivity contribution in [3.8, 4) is 0 Å². The van der Waals surface area contributed by atoms with Crippen LogP contribution in [0.3, 0.4) is 0 Å². The van der Waals surface area contributed by atoms with E-state index < -0.39 is 5.63 Å². The van der Waals surface area contributed by atoms with Crippen LogP contribution in [0.5, 0.6) is 0 Å². The first-order chi connectivity index (χ1) is 7.63. The molecule has 0 spiro atoms. The van der Waals surface area contributed by atoms with E-state index in [1.54, 1.807) is 0 Å². The molecule has 1 rings (SSSR count). The van der Waals surface area contributed by atoms with E-state index in [1.165, 1.54) is 12.1 Å². The Morgan fingerprint density at radius 1 is 1.56 bits per heavy atom. The van der Waals surface area contributed by atoms with Crippen LogP contribution in [-0.2, 0) is 0 Å². The number of nitrogens with one attached hydrogen (secondary N) is 1. The zero-order chi connectivity index (χ0) is 12.0. The average molecular weight is 225 g/mol. The lowest BCUT2D eigenvalue weighted by Gasteiger charge is -2.12. The Morgan fingerprint density at radius 2 is 2.31 bits per heavy atom. The van der Waals surface area contributed by atoms with Crippen LogP contribution in [0.1, 0.15) is 30.1 Å². The van der Waals surface area contributed by atoms with Gasteiger partial charge in [0.15, 0.2) is 0 Å². The Hall–Kier alpha value is -1.62. The van der Waals surface area contributed by atoms with Crippen LogP contribution in [0, 0.1) is 0 Å². The molecule has 1 atom stereocenters. The minimum atomic E-state index is -0.482. The van der Waals surface area contributed by atoms with Gasteiger partial charge in [-0.25, -0.2) is 4.79 Å². The number of aliphatic hydroxyl groups is 1. The summed E-state index contributed by atoms with van der Waals surface area (Å²) in [6, 6.07) is 2.60. The maximum Gasteiger partial charge on any atom is 0.335 e. The van der Waals surface area contributed by atoms with Crippen molar-refractivity contribution in [1.82, 2.24) is 5.32 Å². The van der Waals surface area contributed by atoms with Crippen molar-refractivity contribution >= 4 is 5.91 Å². The van der Waals surface area contributed by atoms with Gasteiger partial charge in [0.05, 0.1) is 5.56 Å². The second-order valence-electron chi connectivity index (χ2n) is 3.58. The Bertz CT molecular complexity index is 379. The number of carbonyl (C=O) groups is 1. The highest BCUT2D eigenvalue weighted by molar-refractivity contribution is 5.93. The van der Waals surface area contributed by atoms with Crippen LogP contribution in [-0.4, -0.2) is 23.7 Å². The molecule has 0 aliphatic rings. The first-order valence-electron chi connectivity index (χ1n) is 5.14. The second kappa shape index (κ2) is 6.07. The normalized spacial score (nSPS) is 12.1. The van der Waals surface area contributed by atoms with Crippen LogP contribution in [0.25, 0.3) is 0 Å². The molecular weight excluding hydrogens is 210 g/mol. The smallest absolute Gasteiger partial charge is 0.335 e. The third-order valence-electron chi connectivity index (χ3n) is 2.14. The van der Waals surface area contributed by atoms with Crippen molar-refractivity contribution in [3.05, 3.63) is 34.4 Å². The van der Waals surface area contributed by atoms with Crippen LogP contribution in [0.2, 0.25) is 0 Å². The van der Waals surface area contributed by atoms with Crippen molar-refractivity contribution in [2.45, 2.75) is 25.8 Å². The van der Waals surface area contributed by atoms with Gasteiger partial charge in [0, 0.05) is 18.7 Å². The molecule has 0 saturated carbocycles. The van der Waals surface area contributed by atoms with Crippen LogP contribution >= 0.6 is 0 Å². The summed E-state index contributed by atoms with van der Waals surface area (Å²) in [6.07, 6.45) is 2.49. The van der Waals surface area contributed by atoms with Gasteiger partial charge in [-0.2, -0.15) is 0 Å². The molecule has 1 aromatic heterocycles. The summed E-state index contributed by atoms with van der Waals surface area (Å²) in [5.74, 6) is -0.283. The molecule has 1 aromatic rings. The van der Waals surface area contributed by atoms with E-state index in [0.29, 0.717) is 18.4 Å². The van der Waals surface area contributed by atoms with Gasteiger partial charge in [-0.15, -0.1) is 0 Å². The molecule has 0 bridgehead atoms. The Balaban J connectivity index is 2.52. The standard InChI is InChI=1S/C11H15NO4/c1-8(3-2-6-13)12-11(15)9-4-5-10(14)16-7-9/h4-5,7-8,13H,2-3,6H2,1H3,(H,12,15). The molecule has 5 nitrogen and oxygen atoms in total. The highest BCUT2D eigenvalue weighted by atomic mass is 16.4. The molecule has 1 unspecified atom stereocenters. The van der Waals surface area contributed by atoms with E-state index in [4.69, 9.17) is 5.11 Å². The number of rotatable bonds is 5. The topological polar surface area (TPSA) is 79.5 Å². The number of hydrogen-bond donors (Lipinski definition) is 2. The summed E-state index contributed by atoms with van der Waals surface area (Å²) in [5, 5.41) is 11.4. The van der Waals surface area contributed by atoms with Gasteiger partial charge in [0.2, 0.25) is 0 Å². The van der Waals surface area contributed by atoms with E-state index in [2.05, 4.69) is 9.73 Å². The summed E-state index contributed by atoms with van der Waals surface area (Å²) in [7, 11) is 0. The van der Waals surface area contributed by atoms with Crippen LogP contribution in [0.15, 0.2) is 27.6 Å². The van der Waals surface area contributed by atoms with Gasteiger partial charge in [-0.1, -0.05) is 0 Å². The largest absolute Gasteiger partial charge is 0.430 e. The fraction of sp³-hybridized carbons (Fsp3) is 0.455. The zero-order valence-corrected chi connectivity index (χ0v) is 9.10. The van der Waals surface area contributed by atoms with E-state index in [1.807, 2.05) is 6.92 Å². The molecular formula is C11H15NO4. The summed E-state index contributed by atoms with van der Waals surface area (Å²) in [6.45, 7) is 1.97. The average Bonchev–Trinajstić information content (AvgIpc) is 2.27. The quantitative estimate of drug-likeness (QED) is 0.766. The molecule has 0 fully saturated rings. The molecule has 5 heteroatoms. The summed E-state index contributed by atoms with van der Waals surface area (Å²) >= 11 is 0. The number of carbonyl (C=O) groups excluding carboxylic acids is 1. The molecule has 16 heavy (non-hydrogen) atoms. The lowest BCUT2D eigenvalue weighted by Crippen LogP contribution is -2.32. The summed E-state index contributed by atoms with van der Waals surface area (Å²) in [5.41, 5.74) is -0.166. The fourth-order valence-corrected chi connectivity index (χ4v) is 1.26. The van der Waals surface area contributed by atoms with Gasteiger partial charge < -0.3 is 14.8 Å². The molecule has 0 aliphatic heterocycles. The highest BCUT2D eigenvalue weighted by Crippen LogP contribution is 1.99. The van der Waals surface area contributed by atoms with Crippen molar-refractivity contribution < 1.29 is 14.3 Å². The lowest BCUT2D eigenvalue weighted by molar-refractivity contribution is 0.0934. The first kappa shape index (κ1) is 12.4. The third kappa shape index (κ3) is 3.86. The lowest BCUT2D eigenvalue weighted by atomic mass is 10.2. The minimum Gasteiger partial charge on any atom is -0.430 e. The second-order valence-corrected chi connectivity index (χ2v) is 3.58. The Labute approximate surface area is 93.1 Å². The van der Waals surface area contributed by atoms with E-state index >= 15 is 0 Å². The molecule has 0 aliphatic carbocycles. The van der Waals surface area contributed by atoms with E-state index in [-0.39, 0.29) is 18.6 Å². The van der Waals surface area contributed by atoms with Gasteiger partial charge in [0.1, 0.15) is 6.26 Å². The van der Waals surface area contributed by atoms with Crippen LogP contribution in [0.4, 0.5) is 0 Å². The summed E-state index contributed by atoms with van der Waals surface area (Å²) in [4.78, 5) is 22.3. The molecule has 0 saturated heterocycles. The SMILES string of the molecule is CC(CCCO)NC(=O)c1ccc(=O)oc1. The maximum absolute atomic E-state index is 11.6.